The van der Waals surface area contributed by atoms with E-state index < -0.39 is 5.60 Å². The van der Waals surface area contributed by atoms with Gasteiger partial charge in [-0.25, -0.2) is 4.98 Å². The molecule has 2 aromatic heterocycles. The first-order valence-electron chi connectivity index (χ1n) is 10.2. The van der Waals surface area contributed by atoms with Crippen LogP contribution in [0, 0.1) is 6.92 Å². The molecule has 0 spiro atoms. The molecule has 0 aliphatic heterocycles. The number of ether oxygens (including phenoxy) is 2. The highest BCUT2D eigenvalue weighted by molar-refractivity contribution is 7.15. The van der Waals surface area contributed by atoms with E-state index in [9.17, 15) is 4.79 Å². The largest absolute Gasteiger partial charge is 0.487 e. The molecule has 0 N–H and O–H groups in total. The number of carbonyl (C=O) groups is 1. The number of nitrogens with zero attached hydrogens (tertiary/aromatic N) is 2. The second kappa shape index (κ2) is 8.55. The second-order valence-electron chi connectivity index (χ2n) is 8.19. The van der Waals surface area contributed by atoms with Gasteiger partial charge in [0.05, 0.1) is 17.8 Å². The van der Waals surface area contributed by atoms with E-state index in [1.54, 1.807) is 11.3 Å². The average molecular weight is 435 g/mol. The van der Waals surface area contributed by atoms with Crippen LogP contribution < -0.4 is 4.74 Å². The molecule has 4 rings (SSSR count). The van der Waals surface area contributed by atoms with Crippen LogP contribution in [0.2, 0.25) is 0 Å². The lowest BCUT2D eigenvalue weighted by Gasteiger charge is -2.25. The van der Waals surface area contributed by atoms with Crippen molar-refractivity contribution >= 4 is 28.2 Å². The van der Waals surface area contributed by atoms with Gasteiger partial charge < -0.3 is 14.0 Å². The molecule has 0 fully saturated rings. The van der Waals surface area contributed by atoms with Gasteiger partial charge in [-0.15, -0.1) is 11.3 Å². The predicted octanol–water partition coefficient (Wildman–Crippen LogP) is 5.99. The molecule has 0 atom stereocenters. The van der Waals surface area contributed by atoms with Gasteiger partial charge in [0.1, 0.15) is 23.0 Å². The summed E-state index contributed by atoms with van der Waals surface area (Å²) in [4.78, 5) is 17.3. The lowest BCUT2D eigenvalue weighted by Crippen LogP contribution is -2.32. The summed E-state index contributed by atoms with van der Waals surface area (Å²) in [5, 5.41) is 2.12. The molecule has 5 nitrogen and oxygen atoms in total. The molecule has 0 aliphatic rings. The zero-order valence-electron chi connectivity index (χ0n) is 18.2. The number of fused-ring (bicyclic) bond motifs is 1. The zero-order valence-corrected chi connectivity index (χ0v) is 19.0. The van der Waals surface area contributed by atoms with Gasteiger partial charge in [-0.1, -0.05) is 30.3 Å². The molecule has 0 amide bonds. The summed E-state index contributed by atoms with van der Waals surface area (Å²) in [7, 11) is 0. The van der Waals surface area contributed by atoms with Crippen LogP contribution in [0.1, 0.15) is 31.3 Å². The van der Waals surface area contributed by atoms with Crippen LogP contribution >= 0.6 is 11.3 Å². The lowest BCUT2D eigenvalue weighted by atomic mass is 10.1. The maximum atomic E-state index is 11.4. The Morgan fingerprint density at radius 3 is 2.65 bits per heavy atom. The summed E-state index contributed by atoms with van der Waals surface area (Å²) >= 11 is 1.68. The topological polar surface area (TPSA) is 53.4 Å². The highest BCUT2D eigenvalue weighted by atomic mass is 32.1. The third-order valence-corrected chi connectivity index (χ3v) is 6.07. The summed E-state index contributed by atoms with van der Waals surface area (Å²) < 4.78 is 13.6. The molecule has 0 radical (unpaired) electrons. The summed E-state index contributed by atoms with van der Waals surface area (Å²) in [6.07, 6.45) is 2.01. The van der Waals surface area contributed by atoms with Crippen LogP contribution in [0.3, 0.4) is 0 Å². The summed E-state index contributed by atoms with van der Waals surface area (Å²) in [6, 6.07) is 18.3. The number of esters is 1. The van der Waals surface area contributed by atoms with Crippen molar-refractivity contribution in [1.29, 1.82) is 0 Å². The maximum Gasteiger partial charge on any atom is 0.303 e. The molecular weight excluding hydrogens is 408 g/mol. The number of aryl methyl sites for hydroxylation is 1. The number of aromatic nitrogens is 2. The first-order valence-corrected chi connectivity index (χ1v) is 11.1. The van der Waals surface area contributed by atoms with Gasteiger partial charge in [0, 0.05) is 29.6 Å². The molecule has 2 heterocycles. The van der Waals surface area contributed by atoms with E-state index in [1.165, 1.54) is 6.92 Å². The van der Waals surface area contributed by atoms with Crippen LogP contribution in [0.5, 0.6) is 5.75 Å². The number of thiazole rings is 1. The molecule has 4 aromatic rings. The molecule has 2 aromatic carbocycles. The SMILES string of the molecule is CC(=O)OC(C)(C)Cn1ccc2ccc(OCc3nc(-c4ccccc4)sc3C)cc21. The van der Waals surface area contributed by atoms with Crippen LogP contribution in [-0.2, 0) is 22.7 Å². The fourth-order valence-corrected chi connectivity index (χ4v) is 4.56. The van der Waals surface area contributed by atoms with Crippen molar-refractivity contribution in [2.75, 3.05) is 0 Å². The zero-order chi connectivity index (χ0) is 22.0. The van der Waals surface area contributed by atoms with Crippen molar-refractivity contribution < 1.29 is 14.3 Å². The highest BCUT2D eigenvalue weighted by Crippen LogP contribution is 2.29. The van der Waals surface area contributed by atoms with E-state index in [1.807, 2.05) is 56.4 Å². The summed E-state index contributed by atoms with van der Waals surface area (Å²) in [5.74, 6) is 0.505. The predicted molar refractivity (Wildman–Crippen MR) is 124 cm³/mol. The molecular formula is C25H26N2O3S. The van der Waals surface area contributed by atoms with Gasteiger partial charge >= 0.3 is 5.97 Å². The fourth-order valence-electron chi connectivity index (χ4n) is 3.64. The van der Waals surface area contributed by atoms with Crippen molar-refractivity contribution in [1.82, 2.24) is 9.55 Å². The van der Waals surface area contributed by atoms with Gasteiger partial charge in [0.2, 0.25) is 0 Å². The van der Waals surface area contributed by atoms with E-state index in [2.05, 4.69) is 29.7 Å². The van der Waals surface area contributed by atoms with E-state index >= 15 is 0 Å². The smallest absolute Gasteiger partial charge is 0.303 e. The Morgan fingerprint density at radius 2 is 1.90 bits per heavy atom. The van der Waals surface area contributed by atoms with Crippen molar-refractivity contribution in [2.45, 2.75) is 46.4 Å². The first-order chi connectivity index (χ1) is 14.8. The van der Waals surface area contributed by atoms with Gasteiger partial charge in [-0.3, -0.25) is 4.79 Å². The molecule has 0 saturated heterocycles. The average Bonchev–Trinajstić information content (AvgIpc) is 3.29. The molecule has 0 saturated carbocycles. The second-order valence-corrected chi connectivity index (χ2v) is 9.40. The minimum absolute atomic E-state index is 0.279. The monoisotopic (exact) mass is 434 g/mol. The molecule has 0 unspecified atom stereocenters. The van der Waals surface area contributed by atoms with Gasteiger partial charge in [-0.2, -0.15) is 0 Å². The number of benzene rings is 2. The Hall–Kier alpha value is -3.12. The Kier molecular flexibility index (Phi) is 5.83. The van der Waals surface area contributed by atoms with Gasteiger partial charge in [-0.05, 0) is 44.4 Å². The lowest BCUT2D eigenvalue weighted by molar-refractivity contribution is -0.154. The molecule has 160 valence electrons. The fraction of sp³-hybridized carbons (Fsp3) is 0.280. The van der Waals surface area contributed by atoms with Gasteiger partial charge in [0.25, 0.3) is 0 Å². The normalized spacial score (nSPS) is 11.6. The van der Waals surface area contributed by atoms with Crippen LogP contribution in [0.4, 0.5) is 0 Å². The maximum absolute atomic E-state index is 11.4. The number of rotatable bonds is 7. The Morgan fingerprint density at radius 1 is 1.13 bits per heavy atom. The van der Waals surface area contributed by atoms with Crippen molar-refractivity contribution in [3.63, 3.8) is 0 Å². The van der Waals surface area contributed by atoms with Crippen molar-refractivity contribution in [3.05, 3.63) is 71.4 Å². The van der Waals surface area contributed by atoms with E-state index in [4.69, 9.17) is 14.5 Å². The Bertz CT molecular complexity index is 1210. The van der Waals surface area contributed by atoms with E-state index in [0.29, 0.717) is 13.2 Å². The quantitative estimate of drug-likeness (QED) is 0.335. The minimum atomic E-state index is -0.597. The van der Waals surface area contributed by atoms with Crippen molar-refractivity contribution in [2.24, 2.45) is 0 Å². The highest BCUT2D eigenvalue weighted by Gasteiger charge is 2.22. The standard InChI is InChI=1S/C25H26N2O3S/c1-17-22(26-24(31-17)20-8-6-5-7-9-20)15-29-21-11-10-19-12-13-27(23(19)14-21)16-25(3,4)30-18(2)28/h5-14H,15-16H2,1-4H3. The Balaban J connectivity index is 1.51. The van der Waals surface area contributed by atoms with Crippen LogP contribution in [0.25, 0.3) is 21.5 Å². The number of hydrogen-bond acceptors (Lipinski definition) is 5. The molecule has 6 heteroatoms. The third-order valence-electron chi connectivity index (χ3n) is 5.01. The summed E-state index contributed by atoms with van der Waals surface area (Å²) in [6.45, 7) is 8.32. The van der Waals surface area contributed by atoms with Gasteiger partial charge in [0.15, 0.2) is 0 Å². The van der Waals surface area contributed by atoms with Crippen LogP contribution in [0.15, 0.2) is 60.8 Å². The molecule has 31 heavy (non-hydrogen) atoms. The number of hydrogen-bond donors (Lipinski definition) is 0. The third kappa shape index (κ3) is 4.97. The molecule has 0 bridgehead atoms. The minimum Gasteiger partial charge on any atom is -0.487 e. The first kappa shape index (κ1) is 21.1. The van der Waals surface area contributed by atoms with Crippen LogP contribution in [-0.4, -0.2) is 21.1 Å². The molecule has 0 aliphatic carbocycles. The van der Waals surface area contributed by atoms with E-state index in [-0.39, 0.29) is 5.97 Å². The van der Waals surface area contributed by atoms with E-state index in [0.717, 1.165) is 37.8 Å². The summed E-state index contributed by atoms with van der Waals surface area (Å²) in [5.41, 5.74) is 2.52. The Labute approximate surface area is 186 Å². The number of carbonyl (C=O) groups excluding carboxylic acids is 1. The van der Waals surface area contributed by atoms with Crippen molar-refractivity contribution in [3.8, 4) is 16.3 Å².